The van der Waals surface area contributed by atoms with Gasteiger partial charge in [-0.3, -0.25) is 9.69 Å². The molecule has 2 fully saturated rings. The fourth-order valence-electron chi connectivity index (χ4n) is 3.96. The van der Waals surface area contributed by atoms with Crippen molar-refractivity contribution in [3.05, 3.63) is 27.7 Å². The largest absolute Gasteiger partial charge is 0.490 e. The molecule has 0 radical (unpaired) electrons. The van der Waals surface area contributed by atoms with Crippen molar-refractivity contribution in [2.45, 2.75) is 51.0 Å². The quantitative estimate of drug-likeness (QED) is 0.406. The summed E-state index contributed by atoms with van der Waals surface area (Å²) in [4.78, 5) is 16.7. The van der Waals surface area contributed by atoms with Crippen molar-refractivity contribution in [2.75, 3.05) is 39.3 Å². The van der Waals surface area contributed by atoms with Crippen molar-refractivity contribution >= 4 is 29.0 Å². The van der Waals surface area contributed by atoms with Gasteiger partial charge in [0.15, 0.2) is 11.5 Å². The topological polar surface area (TPSA) is 32.8 Å². The van der Waals surface area contributed by atoms with E-state index in [9.17, 15) is 13.6 Å². The van der Waals surface area contributed by atoms with Crippen LogP contribution in [0.4, 0.5) is 8.78 Å². The first kappa shape index (κ1) is 22.7. The van der Waals surface area contributed by atoms with Crippen LogP contribution in [0, 0.1) is 0 Å². The average Bonchev–Trinajstić information content (AvgIpc) is 3.07. The Kier molecular flexibility index (Phi) is 7.76. The Morgan fingerprint density at radius 2 is 1.86 bits per heavy atom. The van der Waals surface area contributed by atoms with Gasteiger partial charge in [0.2, 0.25) is 0 Å². The Balaban J connectivity index is 1.51. The third-order valence-electron chi connectivity index (χ3n) is 5.80. The van der Waals surface area contributed by atoms with Crippen molar-refractivity contribution in [2.24, 2.45) is 0 Å². The number of halogens is 4. The van der Waals surface area contributed by atoms with E-state index >= 15 is 0 Å². The molecule has 162 valence electrons. The first-order chi connectivity index (χ1) is 13.7. The maximum absolute atomic E-state index is 13.3. The Bertz CT molecular complexity index is 700. The number of alkyl halides is 2. The van der Waals surface area contributed by atoms with Gasteiger partial charge in [0, 0.05) is 44.1 Å². The molecule has 2 aliphatic heterocycles. The van der Waals surface area contributed by atoms with Crippen LogP contribution in [0.25, 0.3) is 0 Å². The van der Waals surface area contributed by atoms with Gasteiger partial charge in [0.25, 0.3) is 5.92 Å². The van der Waals surface area contributed by atoms with E-state index in [1.54, 1.807) is 17.0 Å². The zero-order valence-electron chi connectivity index (χ0n) is 16.7. The lowest BCUT2D eigenvalue weighted by atomic mass is 10.1. The SMILES string of the molecule is CC1CCCN1CCCOc1c(Cl)cc(C(=O)CN2CCC(F)(F)CC2)cc1Cl. The molecule has 1 aromatic carbocycles. The molecule has 0 amide bonds. The van der Waals surface area contributed by atoms with E-state index in [0.717, 1.165) is 19.5 Å². The standard InChI is InChI=1S/C21H28Cl2F2N2O2/c1-15-4-2-7-27(15)8-3-11-29-20-17(22)12-16(13-18(20)23)19(28)14-26-9-5-21(24,25)6-10-26/h12-13,15H,2-11,14H2,1H3. The molecule has 8 heteroatoms. The Hall–Kier alpha value is -0.950. The molecular formula is C21H28Cl2F2N2O2. The molecular weight excluding hydrogens is 421 g/mol. The average molecular weight is 449 g/mol. The van der Waals surface area contributed by atoms with Gasteiger partial charge in [-0.2, -0.15) is 0 Å². The van der Waals surface area contributed by atoms with Crippen molar-refractivity contribution in [3.8, 4) is 5.75 Å². The minimum absolute atomic E-state index is 0.0803. The molecule has 0 saturated carbocycles. The van der Waals surface area contributed by atoms with Crippen molar-refractivity contribution in [1.82, 2.24) is 9.80 Å². The zero-order chi connectivity index (χ0) is 21.0. The highest BCUT2D eigenvalue weighted by Crippen LogP contribution is 2.35. The summed E-state index contributed by atoms with van der Waals surface area (Å²) in [5, 5.41) is 0.584. The minimum atomic E-state index is -2.63. The Labute approximate surface area is 181 Å². The van der Waals surface area contributed by atoms with Gasteiger partial charge in [-0.1, -0.05) is 23.2 Å². The van der Waals surface area contributed by atoms with Gasteiger partial charge in [-0.25, -0.2) is 8.78 Å². The number of benzene rings is 1. The predicted octanol–water partition coefficient (Wildman–Crippen LogP) is 5.16. The first-order valence-electron chi connectivity index (χ1n) is 10.2. The number of hydrogen-bond donors (Lipinski definition) is 0. The molecule has 2 aliphatic rings. The molecule has 0 aliphatic carbocycles. The van der Waals surface area contributed by atoms with Crippen molar-refractivity contribution < 1.29 is 18.3 Å². The normalized spacial score (nSPS) is 22.7. The number of ether oxygens (including phenoxy) is 1. The summed E-state index contributed by atoms with van der Waals surface area (Å²) in [5.41, 5.74) is 0.371. The van der Waals surface area contributed by atoms with E-state index in [1.807, 2.05) is 0 Å². The number of rotatable bonds is 8. The van der Waals surface area contributed by atoms with Crippen LogP contribution >= 0.6 is 23.2 Å². The molecule has 0 N–H and O–H groups in total. The summed E-state index contributed by atoms with van der Waals surface area (Å²) in [6.07, 6.45) is 2.93. The highest BCUT2D eigenvalue weighted by molar-refractivity contribution is 6.37. The number of carbonyl (C=O) groups excluding carboxylic acids is 1. The van der Waals surface area contributed by atoms with Crippen LogP contribution in [0.5, 0.6) is 5.75 Å². The van der Waals surface area contributed by atoms with Crippen LogP contribution in [0.2, 0.25) is 10.0 Å². The number of carbonyl (C=O) groups is 1. The van der Waals surface area contributed by atoms with Crippen LogP contribution in [-0.2, 0) is 0 Å². The summed E-state index contributed by atoms with van der Waals surface area (Å²) in [6, 6.07) is 3.72. The smallest absolute Gasteiger partial charge is 0.250 e. The van der Waals surface area contributed by atoms with E-state index in [-0.39, 0.29) is 38.3 Å². The molecule has 0 aromatic heterocycles. The lowest BCUT2D eigenvalue weighted by molar-refractivity contribution is -0.0536. The minimum Gasteiger partial charge on any atom is -0.490 e. The number of hydrogen-bond acceptors (Lipinski definition) is 4. The van der Waals surface area contributed by atoms with Gasteiger partial charge >= 0.3 is 0 Å². The van der Waals surface area contributed by atoms with Gasteiger partial charge in [0.1, 0.15) is 0 Å². The maximum Gasteiger partial charge on any atom is 0.250 e. The molecule has 1 unspecified atom stereocenters. The third kappa shape index (κ3) is 6.27. The summed E-state index contributed by atoms with van der Waals surface area (Å²) in [5.74, 6) is -2.43. The van der Waals surface area contributed by atoms with Crippen LogP contribution in [0.15, 0.2) is 12.1 Å². The van der Waals surface area contributed by atoms with E-state index < -0.39 is 5.92 Å². The molecule has 0 spiro atoms. The molecule has 3 rings (SSSR count). The van der Waals surface area contributed by atoms with Gasteiger partial charge in [-0.15, -0.1) is 0 Å². The summed E-state index contributed by atoms with van der Waals surface area (Å²) in [7, 11) is 0. The van der Waals surface area contributed by atoms with Gasteiger partial charge in [-0.05, 0) is 44.9 Å². The lowest BCUT2D eigenvalue weighted by Crippen LogP contribution is -2.41. The van der Waals surface area contributed by atoms with E-state index in [1.165, 1.54) is 12.8 Å². The van der Waals surface area contributed by atoms with Gasteiger partial charge < -0.3 is 9.64 Å². The van der Waals surface area contributed by atoms with E-state index in [2.05, 4.69) is 11.8 Å². The molecule has 4 nitrogen and oxygen atoms in total. The fraction of sp³-hybridized carbons (Fsp3) is 0.667. The number of ketones is 1. The maximum atomic E-state index is 13.3. The molecule has 2 heterocycles. The number of likely N-dealkylation sites (tertiary alicyclic amines) is 2. The van der Waals surface area contributed by atoms with E-state index in [4.69, 9.17) is 27.9 Å². The Morgan fingerprint density at radius 3 is 2.45 bits per heavy atom. The van der Waals surface area contributed by atoms with Crippen molar-refractivity contribution in [3.63, 3.8) is 0 Å². The van der Waals surface area contributed by atoms with Crippen LogP contribution in [-0.4, -0.2) is 66.9 Å². The Morgan fingerprint density at radius 1 is 1.21 bits per heavy atom. The number of piperidine rings is 1. The summed E-state index contributed by atoms with van der Waals surface area (Å²) < 4.78 is 32.3. The number of Topliss-reactive ketones (excluding diaryl/α,β-unsaturated/α-hetero) is 1. The second-order valence-electron chi connectivity index (χ2n) is 8.05. The molecule has 1 atom stereocenters. The molecule has 0 bridgehead atoms. The second-order valence-corrected chi connectivity index (χ2v) is 8.87. The van der Waals surface area contributed by atoms with Crippen LogP contribution in [0.3, 0.4) is 0 Å². The number of nitrogens with zero attached hydrogens (tertiary/aromatic N) is 2. The summed E-state index contributed by atoms with van der Waals surface area (Å²) >= 11 is 12.6. The van der Waals surface area contributed by atoms with Crippen LogP contribution < -0.4 is 4.74 Å². The molecule has 2 saturated heterocycles. The fourth-order valence-corrected chi connectivity index (χ4v) is 4.55. The monoisotopic (exact) mass is 448 g/mol. The highest BCUT2D eigenvalue weighted by Gasteiger charge is 2.34. The molecule has 29 heavy (non-hydrogen) atoms. The predicted molar refractivity (Wildman–Crippen MR) is 112 cm³/mol. The molecule has 1 aromatic rings. The van der Waals surface area contributed by atoms with Gasteiger partial charge in [0.05, 0.1) is 23.2 Å². The summed E-state index contributed by atoms with van der Waals surface area (Å²) in [6.45, 7) is 5.34. The lowest BCUT2D eigenvalue weighted by Gasteiger charge is -2.31. The van der Waals surface area contributed by atoms with Crippen molar-refractivity contribution in [1.29, 1.82) is 0 Å². The highest BCUT2D eigenvalue weighted by atomic mass is 35.5. The second kappa shape index (κ2) is 9.90. The van der Waals surface area contributed by atoms with Crippen LogP contribution in [0.1, 0.15) is 49.4 Å². The first-order valence-corrected chi connectivity index (χ1v) is 11.0. The van der Waals surface area contributed by atoms with E-state index in [0.29, 0.717) is 34.0 Å². The third-order valence-corrected chi connectivity index (χ3v) is 6.36. The zero-order valence-corrected chi connectivity index (χ0v) is 18.2.